The maximum Gasteiger partial charge on any atom is 0.127 e. The molecule has 3 nitrogen and oxygen atoms in total. The van der Waals surface area contributed by atoms with Crippen molar-refractivity contribution >= 4 is 5.69 Å². The third-order valence-corrected chi connectivity index (χ3v) is 3.57. The molecule has 1 aliphatic rings. The molecule has 3 heteroatoms. The normalized spacial score (nSPS) is 14.6. The summed E-state index contributed by atoms with van der Waals surface area (Å²) >= 11 is 0. The Bertz CT molecular complexity index is 517. The van der Waals surface area contributed by atoms with E-state index in [1.807, 2.05) is 6.07 Å². The summed E-state index contributed by atoms with van der Waals surface area (Å²) in [6.07, 6.45) is 4.42. The number of benzene rings is 1. The molecule has 3 rings (SSSR count). The number of para-hydroxylation sites is 1. The Balaban J connectivity index is 1.63. The Morgan fingerprint density at radius 1 is 1.21 bits per heavy atom. The third kappa shape index (κ3) is 3.18. The van der Waals surface area contributed by atoms with Gasteiger partial charge in [-0.05, 0) is 31.0 Å². The van der Waals surface area contributed by atoms with Gasteiger partial charge in [0.2, 0.25) is 0 Å². The van der Waals surface area contributed by atoms with Crippen molar-refractivity contribution in [3.05, 3.63) is 54.0 Å². The molecule has 1 aliphatic carbocycles. The highest BCUT2D eigenvalue weighted by Crippen LogP contribution is 2.21. The van der Waals surface area contributed by atoms with Gasteiger partial charge in [-0.25, -0.2) is 0 Å². The highest BCUT2D eigenvalue weighted by Gasteiger charge is 2.21. The molecule has 0 unspecified atom stereocenters. The van der Waals surface area contributed by atoms with E-state index < -0.39 is 0 Å². The van der Waals surface area contributed by atoms with Gasteiger partial charge in [-0.2, -0.15) is 0 Å². The summed E-state index contributed by atoms with van der Waals surface area (Å²) in [6.45, 7) is 1.72. The minimum absolute atomic E-state index is 0.731. The van der Waals surface area contributed by atoms with E-state index in [0.29, 0.717) is 0 Å². The van der Waals surface area contributed by atoms with Crippen LogP contribution in [0.5, 0.6) is 0 Å². The van der Waals surface area contributed by atoms with Crippen molar-refractivity contribution in [2.24, 2.45) is 0 Å². The van der Waals surface area contributed by atoms with Crippen molar-refractivity contribution in [2.75, 3.05) is 11.9 Å². The zero-order chi connectivity index (χ0) is 13.1. The molecule has 0 bridgehead atoms. The van der Waals surface area contributed by atoms with Gasteiger partial charge in [0.05, 0.1) is 12.8 Å². The van der Waals surface area contributed by atoms with E-state index in [9.17, 15) is 0 Å². The molecule has 1 saturated carbocycles. The first-order valence-electron chi connectivity index (χ1n) is 6.88. The molecule has 0 amide bonds. The van der Waals surface area contributed by atoms with Gasteiger partial charge in [0, 0.05) is 30.9 Å². The van der Waals surface area contributed by atoms with E-state index in [2.05, 4.69) is 47.6 Å². The lowest BCUT2D eigenvalue weighted by Gasteiger charge is -2.18. The molecule has 1 fully saturated rings. The summed E-state index contributed by atoms with van der Waals surface area (Å²) in [6, 6.07) is 13.2. The standard InChI is InChI=1S/C16H20N2O/c1-18(15-5-3-2-4-6-15)12-16-13(9-10-19-16)11-17-14-7-8-14/h2-6,9-10,14,17H,7-8,11-12H2,1H3. The Hall–Kier alpha value is -1.74. The van der Waals surface area contributed by atoms with Crippen molar-refractivity contribution in [1.82, 2.24) is 5.32 Å². The van der Waals surface area contributed by atoms with Crippen LogP contribution in [0.1, 0.15) is 24.2 Å². The van der Waals surface area contributed by atoms with Crippen molar-refractivity contribution in [3.8, 4) is 0 Å². The Labute approximate surface area is 114 Å². The number of hydrogen-bond acceptors (Lipinski definition) is 3. The first-order chi connectivity index (χ1) is 9.33. The summed E-state index contributed by atoms with van der Waals surface area (Å²) in [4.78, 5) is 2.21. The molecule has 0 spiro atoms. The first kappa shape index (κ1) is 12.3. The van der Waals surface area contributed by atoms with Crippen LogP contribution in [0.25, 0.3) is 0 Å². The molecular weight excluding hydrogens is 236 g/mol. The van der Waals surface area contributed by atoms with Crippen LogP contribution in [-0.2, 0) is 13.1 Å². The van der Waals surface area contributed by atoms with E-state index in [0.717, 1.165) is 24.9 Å². The summed E-state index contributed by atoms with van der Waals surface area (Å²) in [7, 11) is 2.09. The fourth-order valence-corrected chi connectivity index (χ4v) is 2.19. The lowest BCUT2D eigenvalue weighted by molar-refractivity contribution is 0.499. The quantitative estimate of drug-likeness (QED) is 0.860. The summed E-state index contributed by atoms with van der Waals surface area (Å²) in [5.41, 5.74) is 2.48. The molecular formula is C16H20N2O. The Morgan fingerprint density at radius 2 is 2.00 bits per heavy atom. The molecule has 2 aromatic rings. The van der Waals surface area contributed by atoms with Crippen LogP contribution >= 0.6 is 0 Å². The lowest BCUT2D eigenvalue weighted by atomic mass is 10.2. The van der Waals surface area contributed by atoms with Gasteiger partial charge in [-0.15, -0.1) is 0 Å². The van der Waals surface area contributed by atoms with Gasteiger partial charge < -0.3 is 14.6 Å². The smallest absolute Gasteiger partial charge is 0.127 e. The predicted octanol–water partition coefficient (Wildman–Crippen LogP) is 3.17. The minimum atomic E-state index is 0.731. The average Bonchev–Trinajstić information content (AvgIpc) is 3.18. The van der Waals surface area contributed by atoms with Gasteiger partial charge in [0.1, 0.15) is 5.76 Å². The predicted molar refractivity (Wildman–Crippen MR) is 77.1 cm³/mol. The van der Waals surface area contributed by atoms with Gasteiger partial charge in [0.15, 0.2) is 0 Å². The number of nitrogens with zero attached hydrogens (tertiary/aromatic N) is 1. The first-order valence-corrected chi connectivity index (χ1v) is 6.88. The molecule has 0 saturated heterocycles. The van der Waals surface area contributed by atoms with E-state index in [1.54, 1.807) is 6.26 Å². The van der Waals surface area contributed by atoms with E-state index in [-0.39, 0.29) is 0 Å². The topological polar surface area (TPSA) is 28.4 Å². The second kappa shape index (κ2) is 5.49. The van der Waals surface area contributed by atoms with E-state index >= 15 is 0 Å². The molecule has 100 valence electrons. The molecule has 0 atom stereocenters. The molecule has 1 aromatic carbocycles. The lowest BCUT2D eigenvalue weighted by Crippen LogP contribution is -2.19. The second-order valence-electron chi connectivity index (χ2n) is 5.22. The van der Waals surface area contributed by atoms with Gasteiger partial charge in [0.25, 0.3) is 0 Å². The highest BCUT2D eigenvalue weighted by molar-refractivity contribution is 5.45. The van der Waals surface area contributed by atoms with E-state index in [4.69, 9.17) is 4.42 Å². The summed E-state index contributed by atoms with van der Waals surface area (Å²) < 4.78 is 5.63. The number of hydrogen-bond donors (Lipinski definition) is 1. The van der Waals surface area contributed by atoms with Crippen molar-refractivity contribution < 1.29 is 4.42 Å². The number of furan rings is 1. The van der Waals surface area contributed by atoms with Gasteiger partial charge in [-0.1, -0.05) is 18.2 Å². The van der Waals surface area contributed by atoms with Crippen LogP contribution in [0.4, 0.5) is 5.69 Å². The van der Waals surface area contributed by atoms with Crippen LogP contribution in [-0.4, -0.2) is 13.1 Å². The molecule has 1 N–H and O–H groups in total. The van der Waals surface area contributed by atoms with Crippen molar-refractivity contribution in [3.63, 3.8) is 0 Å². The fourth-order valence-electron chi connectivity index (χ4n) is 2.19. The van der Waals surface area contributed by atoms with Crippen molar-refractivity contribution in [1.29, 1.82) is 0 Å². The maximum atomic E-state index is 5.63. The molecule has 0 radical (unpaired) electrons. The summed E-state index contributed by atoms with van der Waals surface area (Å²) in [5.74, 6) is 1.06. The summed E-state index contributed by atoms with van der Waals surface area (Å²) in [5, 5.41) is 3.53. The Kier molecular flexibility index (Phi) is 3.56. The second-order valence-corrected chi connectivity index (χ2v) is 5.22. The monoisotopic (exact) mass is 256 g/mol. The largest absolute Gasteiger partial charge is 0.467 e. The van der Waals surface area contributed by atoms with Crippen LogP contribution in [0, 0.1) is 0 Å². The van der Waals surface area contributed by atoms with Crippen LogP contribution in [0.3, 0.4) is 0 Å². The number of rotatable bonds is 6. The van der Waals surface area contributed by atoms with Crippen molar-refractivity contribution in [2.45, 2.75) is 32.0 Å². The zero-order valence-corrected chi connectivity index (χ0v) is 11.3. The van der Waals surface area contributed by atoms with Crippen LogP contribution < -0.4 is 10.2 Å². The average molecular weight is 256 g/mol. The SMILES string of the molecule is CN(Cc1occc1CNC1CC1)c1ccccc1. The highest BCUT2D eigenvalue weighted by atomic mass is 16.3. The minimum Gasteiger partial charge on any atom is -0.467 e. The third-order valence-electron chi connectivity index (χ3n) is 3.57. The molecule has 1 heterocycles. The van der Waals surface area contributed by atoms with Crippen LogP contribution in [0.15, 0.2) is 47.1 Å². The fraction of sp³-hybridized carbons (Fsp3) is 0.375. The molecule has 19 heavy (non-hydrogen) atoms. The van der Waals surface area contributed by atoms with Gasteiger partial charge in [-0.3, -0.25) is 0 Å². The van der Waals surface area contributed by atoms with Crippen LogP contribution in [0.2, 0.25) is 0 Å². The molecule has 1 aromatic heterocycles. The van der Waals surface area contributed by atoms with Gasteiger partial charge >= 0.3 is 0 Å². The number of anilines is 1. The maximum absolute atomic E-state index is 5.63. The van der Waals surface area contributed by atoms with E-state index in [1.165, 1.54) is 24.1 Å². The number of nitrogens with one attached hydrogen (secondary N) is 1. The molecule has 0 aliphatic heterocycles. The Morgan fingerprint density at radius 3 is 2.74 bits per heavy atom. The zero-order valence-electron chi connectivity index (χ0n) is 11.3.